The Bertz CT molecular complexity index is 1410. The molecule has 0 N–H and O–H groups in total. The second kappa shape index (κ2) is 7.12. The van der Waals surface area contributed by atoms with Crippen LogP contribution in [0.25, 0.3) is 33.8 Å². The first-order valence-electron chi connectivity index (χ1n) is 9.83. The molecule has 5 aromatic rings. The van der Waals surface area contributed by atoms with Gasteiger partial charge in [0.05, 0.1) is 17.6 Å². The van der Waals surface area contributed by atoms with Crippen molar-refractivity contribution in [2.75, 3.05) is 0 Å². The molecule has 5 rings (SSSR count). The molecule has 0 bridgehead atoms. The van der Waals surface area contributed by atoms with Gasteiger partial charge in [0.25, 0.3) is 5.56 Å². The molecule has 0 fully saturated rings. The Hall–Kier alpha value is -3.99. The number of rotatable bonds is 3. The third kappa shape index (κ3) is 2.92. The first-order valence-corrected chi connectivity index (χ1v) is 9.83. The molecule has 5 nitrogen and oxygen atoms in total. The highest BCUT2D eigenvalue weighted by Gasteiger charge is 2.19. The predicted octanol–water partition coefficient (Wildman–Crippen LogP) is 4.86. The lowest BCUT2D eigenvalue weighted by Crippen LogP contribution is -2.22. The average Bonchev–Trinajstić information content (AvgIpc) is 3.20. The van der Waals surface area contributed by atoms with E-state index in [1.807, 2.05) is 92.7 Å². The normalized spacial score (nSPS) is 11.1. The summed E-state index contributed by atoms with van der Waals surface area (Å²) >= 11 is 0. The molecule has 146 valence electrons. The number of benzene rings is 3. The first kappa shape index (κ1) is 18.1. The molecule has 0 aliphatic heterocycles. The number of fused-ring (bicyclic) bond motifs is 1. The van der Waals surface area contributed by atoms with Crippen LogP contribution in [0.3, 0.4) is 0 Å². The van der Waals surface area contributed by atoms with Gasteiger partial charge in [-0.05, 0) is 37.6 Å². The number of aromatic nitrogens is 4. The fraction of sp³-hybridized carbons (Fsp3) is 0.0800. The summed E-state index contributed by atoms with van der Waals surface area (Å²) in [5, 5.41) is 4.96. The van der Waals surface area contributed by atoms with Crippen molar-refractivity contribution in [1.29, 1.82) is 0 Å². The SMILES string of the molecule is Cc1ccc(-c2nc3c(cnn3-c3ccccc3)c(=O)n2-c2ccccc2C)cc1. The molecule has 2 heterocycles. The van der Waals surface area contributed by atoms with Crippen LogP contribution in [0.5, 0.6) is 0 Å². The molecule has 0 atom stereocenters. The summed E-state index contributed by atoms with van der Waals surface area (Å²) in [5.74, 6) is 0.597. The molecule has 0 aliphatic rings. The van der Waals surface area contributed by atoms with Gasteiger partial charge in [0.1, 0.15) is 11.2 Å². The van der Waals surface area contributed by atoms with E-state index in [1.165, 1.54) is 0 Å². The van der Waals surface area contributed by atoms with Gasteiger partial charge < -0.3 is 0 Å². The fourth-order valence-electron chi connectivity index (χ4n) is 3.66. The molecule has 0 amide bonds. The van der Waals surface area contributed by atoms with E-state index in [4.69, 9.17) is 4.98 Å². The van der Waals surface area contributed by atoms with Crippen molar-refractivity contribution in [3.8, 4) is 22.8 Å². The van der Waals surface area contributed by atoms with E-state index in [0.29, 0.717) is 16.9 Å². The van der Waals surface area contributed by atoms with Crippen molar-refractivity contribution in [2.24, 2.45) is 0 Å². The van der Waals surface area contributed by atoms with E-state index in [1.54, 1.807) is 15.4 Å². The van der Waals surface area contributed by atoms with Gasteiger partial charge in [-0.25, -0.2) is 9.67 Å². The van der Waals surface area contributed by atoms with Gasteiger partial charge >= 0.3 is 0 Å². The van der Waals surface area contributed by atoms with E-state index >= 15 is 0 Å². The lowest BCUT2D eigenvalue weighted by Gasteiger charge is -2.15. The highest BCUT2D eigenvalue weighted by atomic mass is 16.1. The zero-order valence-electron chi connectivity index (χ0n) is 16.8. The van der Waals surface area contributed by atoms with Crippen molar-refractivity contribution in [1.82, 2.24) is 19.3 Å². The third-order valence-corrected chi connectivity index (χ3v) is 5.27. The fourth-order valence-corrected chi connectivity index (χ4v) is 3.66. The Morgan fingerprint density at radius 2 is 1.50 bits per heavy atom. The molecular formula is C25H20N4O. The summed E-state index contributed by atoms with van der Waals surface area (Å²) in [6.07, 6.45) is 1.60. The van der Waals surface area contributed by atoms with Crippen LogP contribution in [0.1, 0.15) is 11.1 Å². The summed E-state index contributed by atoms with van der Waals surface area (Å²) in [6.45, 7) is 4.04. The maximum absolute atomic E-state index is 13.7. The van der Waals surface area contributed by atoms with E-state index in [-0.39, 0.29) is 5.56 Å². The smallest absolute Gasteiger partial charge is 0.268 e. The summed E-state index contributed by atoms with van der Waals surface area (Å²) in [4.78, 5) is 18.6. The maximum Gasteiger partial charge on any atom is 0.269 e. The standard InChI is InChI=1S/C25H20N4O/c1-17-12-14-19(15-13-17)23-27-24-21(16-26-29(24)20-9-4-3-5-10-20)25(30)28(23)22-11-7-6-8-18(22)2/h3-16H,1-2H3. The largest absolute Gasteiger partial charge is 0.269 e. The van der Waals surface area contributed by atoms with E-state index in [9.17, 15) is 4.79 Å². The zero-order chi connectivity index (χ0) is 20.7. The minimum atomic E-state index is -0.132. The van der Waals surface area contributed by atoms with Crippen molar-refractivity contribution in [3.05, 3.63) is 107 Å². The van der Waals surface area contributed by atoms with Gasteiger partial charge in [0.2, 0.25) is 0 Å². The third-order valence-electron chi connectivity index (χ3n) is 5.27. The summed E-state index contributed by atoms with van der Waals surface area (Å²) < 4.78 is 3.41. The minimum absolute atomic E-state index is 0.132. The molecule has 2 aromatic heterocycles. The molecule has 0 aliphatic carbocycles. The van der Waals surface area contributed by atoms with Crippen LogP contribution in [0.2, 0.25) is 0 Å². The van der Waals surface area contributed by atoms with Crippen molar-refractivity contribution in [2.45, 2.75) is 13.8 Å². The van der Waals surface area contributed by atoms with Crippen LogP contribution in [0.15, 0.2) is 89.9 Å². The van der Waals surface area contributed by atoms with Gasteiger partial charge in [-0.15, -0.1) is 0 Å². The number of para-hydroxylation sites is 2. The first-order chi connectivity index (χ1) is 14.6. The van der Waals surface area contributed by atoms with Crippen LogP contribution in [0.4, 0.5) is 0 Å². The van der Waals surface area contributed by atoms with Gasteiger partial charge in [-0.3, -0.25) is 9.36 Å². The Morgan fingerprint density at radius 1 is 0.800 bits per heavy atom. The second-order valence-electron chi connectivity index (χ2n) is 7.36. The topological polar surface area (TPSA) is 52.7 Å². The number of hydrogen-bond acceptors (Lipinski definition) is 3. The molecule has 0 unspecified atom stereocenters. The van der Waals surface area contributed by atoms with Crippen LogP contribution in [-0.4, -0.2) is 19.3 Å². The lowest BCUT2D eigenvalue weighted by atomic mass is 10.1. The predicted molar refractivity (Wildman–Crippen MR) is 119 cm³/mol. The highest BCUT2D eigenvalue weighted by molar-refractivity contribution is 5.79. The second-order valence-corrected chi connectivity index (χ2v) is 7.36. The molecule has 30 heavy (non-hydrogen) atoms. The molecular weight excluding hydrogens is 372 g/mol. The molecule has 0 radical (unpaired) electrons. The minimum Gasteiger partial charge on any atom is -0.268 e. The Morgan fingerprint density at radius 3 is 2.23 bits per heavy atom. The quantitative estimate of drug-likeness (QED) is 0.441. The Kier molecular flexibility index (Phi) is 4.29. The van der Waals surface area contributed by atoms with Gasteiger partial charge in [0, 0.05) is 5.56 Å². The van der Waals surface area contributed by atoms with Gasteiger partial charge in [-0.1, -0.05) is 66.2 Å². The van der Waals surface area contributed by atoms with Crippen LogP contribution >= 0.6 is 0 Å². The molecule has 0 spiro atoms. The van der Waals surface area contributed by atoms with Gasteiger partial charge in [-0.2, -0.15) is 5.10 Å². The number of nitrogens with zero attached hydrogens (tertiary/aromatic N) is 4. The van der Waals surface area contributed by atoms with Gasteiger partial charge in [0.15, 0.2) is 5.65 Å². The number of hydrogen-bond donors (Lipinski definition) is 0. The molecule has 0 saturated heterocycles. The summed E-state index contributed by atoms with van der Waals surface area (Å²) in [6, 6.07) is 25.6. The zero-order valence-corrected chi connectivity index (χ0v) is 16.8. The van der Waals surface area contributed by atoms with E-state index < -0.39 is 0 Å². The van der Waals surface area contributed by atoms with Crippen molar-refractivity contribution in [3.63, 3.8) is 0 Å². The van der Waals surface area contributed by atoms with Crippen molar-refractivity contribution < 1.29 is 0 Å². The lowest BCUT2D eigenvalue weighted by molar-refractivity contribution is 0.887. The molecule has 0 saturated carbocycles. The van der Waals surface area contributed by atoms with Crippen LogP contribution in [0, 0.1) is 13.8 Å². The monoisotopic (exact) mass is 392 g/mol. The van der Waals surface area contributed by atoms with Crippen LogP contribution < -0.4 is 5.56 Å². The Labute approximate surface area is 173 Å². The van der Waals surface area contributed by atoms with E-state index in [2.05, 4.69) is 5.10 Å². The number of aryl methyl sites for hydroxylation is 2. The maximum atomic E-state index is 13.7. The van der Waals surface area contributed by atoms with Crippen LogP contribution in [-0.2, 0) is 0 Å². The summed E-state index contributed by atoms with van der Waals surface area (Å²) in [5.41, 5.74) is 5.13. The molecule has 3 aromatic carbocycles. The summed E-state index contributed by atoms with van der Waals surface area (Å²) in [7, 11) is 0. The van der Waals surface area contributed by atoms with Crippen molar-refractivity contribution >= 4 is 11.0 Å². The Balaban J connectivity index is 1.88. The highest BCUT2D eigenvalue weighted by Crippen LogP contribution is 2.25. The molecule has 5 heteroatoms. The van der Waals surface area contributed by atoms with E-state index in [0.717, 1.165) is 28.1 Å². The average molecular weight is 392 g/mol.